The summed E-state index contributed by atoms with van der Waals surface area (Å²) in [5, 5.41) is 3.18. The normalized spacial score (nSPS) is 13.4. The van der Waals surface area contributed by atoms with Crippen molar-refractivity contribution in [2.75, 3.05) is 5.75 Å². The molecule has 0 saturated carbocycles. The molecule has 0 aliphatic rings. The first-order chi connectivity index (χ1) is 13.2. The zero-order valence-corrected chi connectivity index (χ0v) is 16.6. The Bertz CT molecular complexity index is 832. The van der Waals surface area contributed by atoms with Gasteiger partial charge in [0.15, 0.2) is 0 Å². The summed E-state index contributed by atoms with van der Waals surface area (Å²) in [6, 6.07) is 13.8. The number of fused-ring (bicyclic) bond motifs is 1. The molecule has 0 fully saturated rings. The van der Waals surface area contributed by atoms with E-state index in [-0.39, 0.29) is 11.9 Å². The number of hydrogen-bond acceptors (Lipinski definition) is 4. The number of para-hydroxylation sites is 2. The van der Waals surface area contributed by atoms with Crippen LogP contribution in [0.5, 0.6) is 0 Å². The molecule has 3 aromatic rings. The van der Waals surface area contributed by atoms with Crippen LogP contribution in [-0.4, -0.2) is 26.6 Å². The zero-order valence-electron chi connectivity index (χ0n) is 15.8. The van der Waals surface area contributed by atoms with Gasteiger partial charge in [0.1, 0.15) is 5.82 Å². The Labute approximate surface area is 164 Å². The summed E-state index contributed by atoms with van der Waals surface area (Å²) in [5.41, 5.74) is 2.98. The lowest BCUT2D eigenvalue weighted by atomic mass is 9.98. The van der Waals surface area contributed by atoms with Gasteiger partial charge in [0.2, 0.25) is 5.91 Å². The van der Waals surface area contributed by atoms with Crippen molar-refractivity contribution in [2.24, 2.45) is 5.92 Å². The second kappa shape index (κ2) is 9.55. The number of H-pyrrole nitrogens is 1. The quantitative estimate of drug-likeness (QED) is 0.535. The summed E-state index contributed by atoms with van der Waals surface area (Å²) in [6.45, 7) is 4.28. The fourth-order valence-electron chi connectivity index (χ4n) is 2.91. The number of rotatable bonds is 9. The molecule has 142 valence electrons. The molecule has 2 atom stereocenters. The Morgan fingerprint density at radius 1 is 1.22 bits per heavy atom. The number of aromatic nitrogens is 3. The van der Waals surface area contributed by atoms with Crippen molar-refractivity contribution in [1.82, 2.24) is 20.3 Å². The number of carbonyl (C=O) groups is 1. The van der Waals surface area contributed by atoms with Crippen LogP contribution < -0.4 is 5.32 Å². The van der Waals surface area contributed by atoms with Crippen LogP contribution >= 0.6 is 11.8 Å². The van der Waals surface area contributed by atoms with Crippen molar-refractivity contribution in [3.05, 3.63) is 60.2 Å². The Morgan fingerprint density at radius 3 is 2.78 bits per heavy atom. The number of amides is 1. The van der Waals surface area contributed by atoms with E-state index in [0.717, 1.165) is 40.5 Å². The predicted octanol–water partition coefficient (Wildman–Crippen LogP) is 4.48. The number of pyridine rings is 1. The average molecular weight is 383 g/mol. The molecule has 5 nitrogen and oxygen atoms in total. The number of carbonyl (C=O) groups excluding carboxylic acids is 1. The van der Waals surface area contributed by atoms with Crippen molar-refractivity contribution in [3.8, 4) is 0 Å². The Kier molecular flexibility index (Phi) is 6.87. The van der Waals surface area contributed by atoms with Crippen LogP contribution in [-0.2, 0) is 10.5 Å². The van der Waals surface area contributed by atoms with Gasteiger partial charge in [-0.25, -0.2) is 4.98 Å². The molecule has 0 saturated heterocycles. The standard InChI is InChI=1S/C21H26N4OS/c1-3-15(2)20(21-23-17-9-4-5-10-18(17)24-21)25-19(26)11-13-27-14-16-8-6-7-12-22-16/h4-10,12,15,20H,3,11,13-14H2,1-2H3,(H,23,24)(H,25,26). The van der Waals surface area contributed by atoms with Crippen molar-refractivity contribution >= 4 is 28.7 Å². The van der Waals surface area contributed by atoms with Crippen molar-refractivity contribution in [3.63, 3.8) is 0 Å². The van der Waals surface area contributed by atoms with Gasteiger partial charge in [-0.2, -0.15) is 11.8 Å². The third-order valence-electron chi connectivity index (χ3n) is 4.68. The lowest BCUT2D eigenvalue weighted by molar-refractivity contribution is -0.121. The van der Waals surface area contributed by atoms with Gasteiger partial charge in [-0.15, -0.1) is 0 Å². The third kappa shape index (κ3) is 5.32. The molecule has 1 aromatic carbocycles. The summed E-state index contributed by atoms with van der Waals surface area (Å²) < 4.78 is 0. The largest absolute Gasteiger partial charge is 0.346 e. The first-order valence-corrected chi connectivity index (χ1v) is 10.5. The van der Waals surface area contributed by atoms with Crippen molar-refractivity contribution in [1.29, 1.82) is 0 Å². The van der Waals surface area contributed by atoms with Gasteiger partial charge in [-0.3, -0.25) is 9.78 Å². The second-order valence-electron chi connectivity index (χ2n) is 6.69. The summed E-state index contributed by atoms with van der Waals surface area (Å²) in [4.78, 5) is 24.8. The molecule has 2 N–H and O–H groups in total. The lowest BCUT2D eigenvalue weighted by Crippen LogP contribution is -2.33. The van der Waals surface area contributed by atoms with Gasteiger partial charge in [-0.05, 0) is 30.2 Å². The smallest absolute Gasteiger partial charge is 0.221 e. The van der Waals surface area contributed by atoms with Crippen LogP contribution in [0.4, 0.5) is 0 Å². The van der Waals surface area contributed by atoms with E-state index in [4.69, 9.17) is 0 Å². The van der Waals surface area contributed by atoms with E-state index < -0.39 is 0 Å². The topological polar surface area (TPSA) is 70.7 Å². The maximum Gasteiger partial charge on any atom is 0.221 e. The van der Waals surface area contributed by atoms with Gasteiger partial charge in [0.05, 0.1) is 22.8 Å². The number of thioether (sulfide) groups is 1. The summed E-state index contributed by atoms with van der Waals surface area (Å²) >= 11 is 1.73. The summed E-state index contributed by atoms with van der Waals surface area (Å²) in [6.07, 6.45) is 3.26. The highest BCUT2D eigenvalue weighted by atomic mass is 32.2. The fourth-order valence-corrected chi connectivity index (χ4v) is 3.76. The molecule has 3 rings (SSSR count). The highest BCUT2D eigenvalue weighted by molar-refractivity contribution is 7.98. The lowest BCUT2D eigenvalue weighted by Gasteiger charge is -2.22. The maximum absolute atomic E-state index is 12.5. The number of nitrogens with one attached hydrogen (secondary N) is 2. The molecule has 6 heteroatoms. The van der Waals surface area contributed by atoms with Crippen molar-refractivity contribution in [2.45, 2.75) is 38.5 Å². The molecular weight excluding hydrogens is 356 g/mol. The molecular formula is C21H26N4OS. The highest BCUT2D eigenvalue weighted by Crippen LogP contribution is 2.25. The predicted molar refractivity (Wildman–Crippen MR) is 111 cm³/mol. The monoisotopic (exact) mass is 382 g/mol. The third-order valence-corrected chi connectivity index (χ3v) is 5.67. The summed E-state index contributed by atoms with van der Waals surface area (Å²) in [7, 11) is 0. The van der Waals surface area contributed by atoms with E-state index in [9.17, 15) is 4.79 Å². The second-order valence-corrected chi connectivity index (χ2v) is 7.80. The van der Waals surface area contributed by atoms with Gasteiger partial charge in [-0.1, -0.05) is 38.5 Å². The molecule has 2 unspecified atom stereocenters. The van der Waals surface area contributed by atoms with Crippen molar-refractivity contribution < 1.29 is 4.79 Å². The molecule has 1 amide bonds. The van der Waals surface area contributed by atoms with E-state index >= 15 is 0 Å². The molecule has 0 bridgehead atoms. The van der Waals surface area contributed by atoms with Gasteiger partial charge in [0.25, 0.3) is 0 Å². The van der Waals surface area contributed by atoms with Crippen LogP contribution in [0.15, 0.2) is 48.7 Å². The molecule has 0 radical (unpaired) electrons. The molecule has 0 spiro atoms. The molecule has 2 heterocycles. The van der Waals surface area contributed by atoms with Gasteiger partial charge in [0, 0.05) is 24.1 Å². The molecule has 0 aliphatic heterocycles. The maximum atomic E-state index is 12.5. The van der Waals surface area contributed by atoms with Crippen LogP contribution in [0.1, 0.15) is 44.2 Å². The van der Waals surface area contributed by atoms with E-state index in [1.165, 1.54) is 0 Å². The van der Waals surface area contributed by atoms with E-state index in [1.54, 1.807) is 18.0 Å². The van der Waals surface area contributed by atoms with Crippen LogP contribution in [0, 0.1) is 5.92 Å². The van der Waals surface area contributed by atoms with Crippen LogP contribution in [0.3, 0.4) is 0 Å². The summed E-state index contributed by atoms with van der Waals surface area (Å²) in [5.74, 6) is 2.80. The minimum Gasteiger partial charge on any atom is -0.346 e. The molecule has 0 aliphatic carbocycles. The first kappa shape index (κ1) is 19.4. The first-order valence-electron chi connectivity index (χ1n) is 9.39. The Hall–Kier alpha value is -2.34. The SMILES string of the molecule is CCC(C)C(NC(=O)CCSCc1ccccn1)c1nc2ccccc2[nH]1. The number of hydrogen-bond donors (Lipinski definition) is 2. The van der Waals surface area contributed by atoms with E-state index in [0.29, 0.717) is 12.3 Å². The number of aromatic amines is 1. The van der Waals surface area contributed by atoms with Crippen LogP contribution in [0.25, 0.3) is 11.0 Å². The number of nitrogens with zero attached hydrogens (tertiary/aromatic N) is 2. The van der Waals surface area contributed by atoms with E-state index in [1.807, 2.05) is 42.5 Å². The number of imidazole rings is 1. The zero-order chi connectivity index (χ0) is 19.1. The minimum atomic E-state index is -0.101. The molecule has 2 aromatic heterocycles. The van der Waals surface area contributed by atoms with Crippen LogP contribution in [0.2, 0.25) is 0 Å². The fraction of sp³-hybridized carbons (Fsp3) is 0.381. The molecule has 27 heavy (non-hydrogen) atoms. The Balaban J connectivity index is 1.56. The van der Waals surface area contributed by atoms with Gasteiger partial charge < -0.3 is 10.3 Å². The minimum absolute atomic E-state index is 0.0641. The van der Waals surface area contributed by atoms with Gasteiger partial charge >= 0.3 is 0 Å². The highest BCUT2D eigenvalue weighted by Gasteiger charge is 2.23. The Morgan fingerprint density at radius 2 is 2.04 bits per heavy atom. The van der Waals surface area contributed by atoms with E-state index in [2.05, 4.69) is 34.1 Å². The number of benzene rings is 1. The average Bonchev–Trinajstić information content (AvgIpc) is 3.13.